The first kappa shape index (κ1) is 9.52. The van der Waals surface area contributed by atoms with Crippen LogP contribution in [0.3, 0.4) is 0 Å². The number of aromatic nitrogens is 1. The molecule has 2 aromatic rings. The lowest BCUT2D eigenvalue weighted by molar-refractivity contribution is 1.24. The average molecular weight is 200 g/mol. The van der Waals surface area contributed by atoms with E-state index in [1.807, 2.05) is 25.1 Å². The van der Waals surface area contributed by atoms with Crippen LogP contribution in [0.5, 0.6) is 0 Å². The minimum absolute atomic E-state index is 0.0969. The number of H-pyrrole nitrogens is 1. The van der Waals surface area contributed by atoms with Crippen LogP contribution in [0, 0.1) is 6.92 Å². The second-order valence-electron chi connectivity index (χ2n) is 3.46. The minimum Gasteiger partial charge on any atom is -0.398 e. The second-order valence-corrected chi connectivity index (χ2v) is 3.46. The van der Waals surface area contributed by atoms with Gasteiger partial charge in [0.15, 0.2) is 0 Å². The summed E-state index contributed by atoms with van der Waals surface area (Å²) in [6, 6.07) is 9.06. The number of aromatic amines is 1. The van der Waals surface area contributed by atoms with Gasteiger partial charge in [-0.25, -0.2) is 0 Å². The van der Waals surface area contributed by atoms with Gasteiger partial charge < -0.3 is 10.7 Å². The van der Waals surface area contributed by atoms with Crippen molar-refractivity contribution in [1.82, 2.24) is 4.98 Å². The first-order chi connectivity index (χ1) is 7.18. The first-order valence-electron chi connectivity index (χ1n) is 4.72. The lowest BCUT2D eigenvalue weighted by Gasteiger charge is -2.07. The fourth-order valence-electron chi connectivity index (χ4n) is 1.54. The van der Waals surface area contributed by atoms with Gasteiger partial charge in [-0.15, -0.1) is 0 Å². The molecule has 15 heavy (non-hydrogen) atoms. The monoisotopic (exact) mass is 200 g/mol. The molecule has 0 saturated heterocycles. The van der Waals surface area contributed by atoms with Gasteiger partial charge >= 0.3 is 0 Å². The van der Waals surface area contributed by atoms with Crippen molar-refractivity contribution >= 4 is 5.69 Å². The third-order valence-corrected chi connectivity index (χ3v) is 2.47. The Hall–Kier alpha value is -2.03. The number of pyridine rings is 1. The van der Waals surface area contributed by atoms with E-state index >= 15 is 0 Å². The Kier molecular flexibility index (Phi) is 2.29. The molecule has 0 bridgehead atoms. The topological polar surface area (TPSA) is 58.9 Å². The third kappa shape index (κ3) is 1.76. The average Bonchev–Trinajstić information content (AvgIpc) is 2.24. The van der Waals surface area contributed by atoms with Crippen LogP contribution < -0.4 is 11.3 Å². The van der Waals surface area contributed by atoms with Crippen LogP contribution in [0.1, 0.15) is 5.56 Å². The molecule has 0 saturated carbocycles. The summed E-state index contributed by atoms with van der Waals surface area (Å²) in [6.07, 6.45) is 1.70. The first-order valence-corrected chi connectivity index (χ1v) is 4.72. The zero-order valence-electron chi connectivity index (χ0n) is 8.45. The summed E-state index contributed by atoms with van der Waals surface area (Å²) in [5, 5.41) is 0. The maximum absolute atomic E-state index is 10.9. The molecule has 1 aromatic carbocycles. The fourth-order valence-corrected chi connectivity index (χ4v) is 1.54. The molecule has 0 aliphatic heterocycles. The molecule has 1 aromatic heterocycles. The number of hydrogen-bond acceptors (Lipinski definition) is 2. The van der Waals surface area contributed by atoms with Gasteiger partial charge in [0.2, 0.25) is 5.56 Å². The molecule has 0 aliphatic carbocycles. The predicted octanol–water partition coefficient (Wildman–Crippen LogP) is 1.93. The predicted molar refractivity (Wildman–Crippen MR) is 61.6 cm³/mol. The van der Waals surface area contributed by atoms with Crippen molar-refractivity contribution in [2.45, 2.75) is 6.92 Å². The zero-order chi connectivity index (χ0) is 10.8. The van der Waals surface area contributed by atoms with Crippen molar-refractivity contribution in [1.29, 1.82) is 0 Å². The summed E-state index contributed by atoms with van der Waals surface area (Å²) in [5.74, 6) is 0. The molecule has 0 aliphatic rings. The number of rotatable bonds is 1. The van der Waals surface area contributed by atoms with E-state index in [0.29, 0.717) is 0 Å². The Balaban J connectivity index is 2.59. The Morgan fingerprint density at radius 2 is 2.00 bits per heavy atom. The highest BCUT2D eigenvalue weighted by Crippen LogP contribution is 2.25. The molecule has 76 valence electrons. The van der Waals surface area contributed by atoms with Gasteiger partial charge in [-0.1, -0.05) is 12.1 Å². The summed E-state index contributed by atoms with van der Waals surface area (Å²) in [4.78, 5) is 13.6. The van der Waals surface area contributed by atoms with Gasteiger partial charge in [-0.05, 0) is 35.7 Å². The maximum Gasteiger partial charge on any atom is 0.247 e. The Bertz CT molecular complexity index is 523. The van der Waals surface area contributed by atoms with Crippen molar-refractivity contribution < 1.29 is 0 Å². The van der Waals surface area contributed by atoms with Crippen LogP contribution in [-0.4, -0.2) is 4.98 Å². The molecule has 1 heterocycles. The van der Waals surface area contributed by atoms with E-state index in [9.17, 15) is 4.79 Å². The van der Waals surface area contributed by atoms with Gasteiger partial charge in [0, 0.05) is 18.0 Å². The van der Waals surface area contributed by atoms with E-state index in [2.05, 4.69) is 4.98 Å². The fraction of sp³-hybridized carbons (Fsp3) is 0.0833. The molecular weight excluding hydrogens is 188 g/mol. The Morgan fingerprint density at radius 1 is 1.20 bits per heavy atom. The summed E-state index contributed by atoms with van der Waals surface area (Å²) in [7, 11) is 0. The number of nitrogens with one attached hydrogen (secondary N) is 1. The van der Waals surface area contributed by atoms with Crippen LogP contribution >= 0.6 is 0 Å². The lowest BCUT2D eigenvalue weighted by atomic mass is 10.0. The van der Waals surface area contributed by atoms with Gasteiger partial charge in [-0.2, -0.15) is 0 Å². The van der Waals surface area contributed by atoms with Gasteiger partial charge in [0.05, 0.1) is 0 Å². The highest BCUT2D eigenvalue weighted by molar-refractivity contribution is 5.71. The third-order valence-electron chi connectivity index (χ3n) is 2.47. The van der Waals surface area contributed by atoms with Gasteiger partial charge in [0.1, 0.15) is 0 Å². The van der Waals surface area contributed by atoms with Crippen molar-refractivity contribution in [2.24, 2.45) is 0 Å². The van der Waals surface area contributed by atoms with E-state index in [1.165, 1.54) is 6.07 Å². The molecule has 0 radical (unpaired) electrons. The van der Waals surface area contributed by atoms with Crippen molar-refractivity contribution in [3.8, 4) is 11.1 Å². The van der Waals surface area contributed by atoms with Gasteiger partial charge in [-0.3, -0.25) is 4.79 Å². The molecule has 0 spiro atoms. The quantitative estimate of drug-likeness (QED) is 0.691. The Morgan fingerprint density at radius 3 is 2.67 bits per heavy atom. The van der Waals surface area contributed by atoms with E-state index < -0.39 is 0 Å². The highest BCUT2D eigenvalue weighted by atomic mass is 16.1. The number of hydrogen-bond donors (Lipinski definition) is 2. The molecular formula is C12H12N2O. The summed E-state index contributed by atoms with van der Waals surface area (Å²) in [6.45, 7) is 1.97. The summed E-state index contributed by atoms with van der Waals surface area (Å²) in [5.41, 5.74) is 9.53. The van der Waals surface area contributed by atoms with Crippen molar-refractivity contribution in [3.63, 3.8) is 0 Å². The normalized spacial score (nSPS) is 10.2. The van der Waals surface area contributed by atoms with Crippen molar-refractivity contribution in [2.75, 3.05) is 5.73 Å². The maximum atomic E-state index is 10.9. The van der Waals surface area contributed by atoms with Crippen LogP contribution in [0.4, 0.5) is 5.69 Å². The molecule has 0 fully saturated rings. The Labute approximate surface area is 87.6 Å². The van der Waals surface area contributed by atoms with E-state index in [-0.39, 0.29) is 5.56 Å². The number of benzene rings is 1. The van der Waals surface area contributed by atoms with Crippen LogP contribution in [-0.2, 0) is 0 Å². The zero-order valence-corrected chi connectivity index (χ0v) is 8.45. The van der Waals surface area contributed by atoms with Crippen LogP contribution in [0.25, 0.3) is 11.1 Å². The number of anilines is 1. The molecule has 3 heteroatoms. The largest absolute Gasteiger partial charge is 0.398 e. The highest BCUT2D eigenvalue weighted by Gasteiger charge is 2.03. The SMILES string of the molecule is Cc1c(N)cccc1-c1ccc(=O)[nH]c1. The molecule has 3 N–H and O–H groups in total. The molecule has 2 rings (SSSR count). The van der Waals surface area contributed by atoms with Crippen molar-refractivity contribution in [3.05, 3.63) is 52.4 Å². The van der Waals surface area contributed by atoms with Crippen LogP contribution in [0.2, 0.25) is 0 Å². The summed E-state index contributed by atoms with van der Waals surface area (Å²) >= 11 is 0. The molecule has 3 nitrogen and oxygen atoms in total. The van der Waals surface area contributed by atoms with E-state index in [0.717, 1.165) is 22.4 Å². The number of nitrogens with two attached hydrogens (primary N) is 1. The van der Waals surface area contributed by atoms with Gasteiger partial charge in [0.25, 0.3) is 0 Å². The lowest BCUT2D eigenvalue weighted by Crippen LogP contribution is -2.02. The van der Waals surface area contributed by atoms with E-state index in [1.54, 1.807) is 12.3 Å². The molecule has 0 unspecified atom stereocenters. The van der Waals surface area contributed by atoms with E-state index in [4.69, 9.17) is 5.73 Å². The summed E-state index contributed by atoms with van der Waals surface area (Å²) < 4.78 is 0. The smallest absolute Gasteiger partial charge is 0.247 e. The molecule has 0 atom stereocenters. The molecule has 0 amide bonds. The second kappa shape index (κ2) is 3.61. The number of nitrogen functional groups attached to an aromatic ring is 1. The minimum atomic E-state index is -0.0969. The standard InChI is InChI=1S/C12H12N2O/c1-8-10(3-2-4-11(8)13)9-5-6-12(15)14-7-9/h2-7H,13H2,1H3,(H,14,15). The van der Waals surface area contributed by atoms with Crippen LogP contribution in [0.15, 0.2) is 41.3 Å².